The highest BCUT2D eigenvalue weighted by Crippen LogP contribution is 2.32. The normalized spacial score (nSPS) is 28.7. The van der Waals surface area contributed by atoms with Gasteiger partial charge in [-0.25, -0.2) is 0 Å². The first-order valence-electron chi connectivity index (χ1n) is 15.8. The molecule has 2 aliphatic heterocycles. The van der Waals surface area contributed by atoms with Crippen LogP contribution in [0, 0.1) is 0 Å². The van der Waals surface area contributed by atoms with Gasteiger partial charge < -0.3 is 47.4 Å². The van der Waals surface area contributed by atoms with Crippen LogP contribution in [0.5, 0.6) is 0 Å². The zero-order valence-corrected chi connectivity index (χ0v) is 28.5. The molecule has 0 bridgehead atoms. The van der Waals surface area contributed by atoms with Crippen molar-refractivity contribution < 1.29 is 76.1 Å². The maximum Gasteiger partial charge on any atom is 0.303 e. The Morgan fingerprint density at radius 2 is 1.14 bits per heavy atom. The molecular formula is C33H44O16. The number of aryl methyl sites for hydroxylation is 1. The van der Waals surface area contributed by atoms with Gasteiger partial charge in [0.2, 0.25) is 0 Å². The average Bonchev–Trinajstić information content (AvgIpc) is 2.99. The minimum absolute atomic E-state index is 0.311. The largest absolute Gasteiger partial charge is 0.456 e. The van der Waals surface area contributed by atoms with Crippen LogP contribution < -0.4 is 0 Å². The Labute approximate surface area is 283 Å². The van der Waals surface area contributed by atoms with Gasteiger partial charge in [-0.05, 0) is 25.3 Å². The Hall–Kier alpha value is -4.12. The Kier molecular flexibility index (Phi) is 14.9. The minimum Gasteiger partial charge on any atom is -0.456 e. The molecule has 0 aliphatic carbocycles. The standard InChI is InChI=1S/C33H44O16/c1-17(13-14-24-11-9-8-10-12-24)42-33-31(48-23(7)39)29(46-21(5)37)27(44-19(3)35)26(49-33)16-41-32-30(47-22(6)38)28(45-20(4)36)25(15-40-32)43-18(2)34/h8-12,17,25-33H,13-16H2,1-7H3/t17-,25-,26-,27-,28+,29+,30-,31-,32+,33-/m1/s1. The van der Waals surface area contributed by atoms with Crippen molar-refractivity contribution in [3.63, 3.8) is 0 Å². The summed E-state index contributed by atoms with van der Waals surface area (Å²) in [5.74, 6) is -4.54. The Morgan fingerprint density at radius 1 is 0.653 bits per heavy atom. The number of esters is 6. The SMILES string of the molecule is CC(=O)O[C@@H]1[C@@H](OC(C)=O)[C@H](O[C@H](C)CCc2ccccc2)O[C@H](CO[C@@H]2OC[C@@H](OC(C)=O)[C@H](OC(C)=O)[C@H]2OC(C)=O)[C@H]1OC(C)=O. The second-order valence-electron chi connectivity index (χ2n) is 11.6. The van der Waals surface area contributed by atoms with E-state index in [4.69, 9.17) is 47.4 Å². The average molecular weight is 697 g/mol. The van der Waals surface area contributed by atoms with E-state index in [9.17, 15) is 28.8 Å². The van der Waals surface area contributed by atoms with Gasteiger partial charge in [-0.1, -0.05) is 30.3 Å². The number of hydrogen-bond acceptors (Lipinski definition) is 16. The van der Waals surface area contributed by atoms with Crippen molar-refractivity contribution in [1.82, 2.24) is 0 Å². The number of carbonyl (C=O) groups is 6. The molecule has 0 spiro atoms. The molecule has 0 aromatic heterocycles. The first kappa shape index (κ1) is 39.3. The van der Waals surface area contributed by atoms with E-state index < -0.39 is 104 Å². The summed E-state index contributed by atoms with van der Waals surface area (Å²) in [6.07, 6.45) is -11.3. The summed E-state index contributed by atoms with van der Waals surface area (Å²) >= 11 is 0. The molecule has 16 nitrogen and oxygen atoms in total. The summed E-state index contributed by atoms with van der Waals surface area (Å²) < 4.78 is 56.7. The van der Waals surface area contributed by atoms with E-state index in [2.05, 4.69) is 0 Å². The first-order chi connectivity index (χ1) is 23.1. The molecule has 0 saturated carbocycles. The number of rotatable bonds is 14. The predicted molar refractivity (Wildman–Crippen MR) is 163 cm³/mol. The fourth-order valence-electron chi connectivity index (χ4n) is 5.45. The molecule has 0 unspecified atom stereocenters. The van der Waals surface area contributed by atoms with Gasteiger partial charge in [0, 0.05) is 41.5 Å². The van der Waals surface area contributed by atoms with Crippen LogP contribution in [-0.4, -0.2) is 110 Å². The highest BCUT2D eigenvalue weighted by atomic mass is 16.8. The summed E-state index contributed by atoms with van der Waals surface area (Å²) in [6.45, 7) is 7.79. The molecule has 0 radical (unpaired) electrons. The van der Waals surface area contributed by atoms with Crippen LogP contribution in [0.25, 0.3) is 0 Å². The lowest BCUT2D eigenvalue weighted by molar-refractivity contribution is -0.330. The van der Waals surface area contributed by atoms with E-state index >= 15 is 0 Å². The van der Waals surface area contributed by atoms with Crippen LogP contribution in [0.3, 0.4) is 0 Å². The Bertz CT molecular complexity index is 1300. The number of carbonyl (C=O) groups excluding carboxylic acids is 6. The minimum atomic E-state index is -1.42. The number of ether oxygens (including phenoxy) is 10. The summed E-state index contributed by atoms with van der Waals surface area (Å²) in [6, 6.07) is 9.67. The van der Waals surface area contributed by atoms with E-state index in [0.717, 1.165) is 47.1 Å². The third-order valence-corrected chi connectivity index (χ3v) is 7.28. The van der Waals surface area contributed by atoms with E-state index in [1.807, 2.05) is 30.3 Å². The topological polar surface area (TPSA) is 195 Å². The monoisotopic (exact) mass is 696 g/mol. The van der Waals surface area contributed by atoms with Gasteiger partial charge in [-0.2, -0.15) is 0 Å². The molecule has 3 rings (SSSR count). The maximum atomic E-state index is 12.3. The molecule has 272 valence electrons. The van der Waals surface area contributed by atoms with Crippen molar-refractivity contribution in [2.24, 2.45) is 0 Å². The molecule has 2 saturated heterocycles. The van der Waals surface area contributed by atoms with Gasteiger partial charge in [0.1, 0.15) is 6.10 Å². The summed E-state index contributed by atoms with van der Waals surface area (Å²) in [4.78, 5) is 72.6. The van der Waals surface area contributed by atoms with Crippen LogP contribution >= 0.6 is 0 Å². The van der Waals surface area contributed by atoms with Gasteiger partial charge in [0.05, 0.1) is 19.3 Å². The maximum absolute atomic E-state index is 12.3. The third-order valence-electron chi connectivity index (χ3n) is 7.28. The fourth-order valence-corrected chi connectivity index (χ4v) is 5.45. The fraction of sp³-hybridized carbons (Fsp3) is 0.636. The molecular weight excluding hydrogens is 652 g/mol. The van der Waals surface area contributed by atoms with Crippen molar-refractivity contribution in [3.05, 3.63) is 35.9 Å². The summed E-state index contributed by atoms with van der Waals surface area (Å²) in [7, 11) is 0. The zero-order valence-electron chi connectivity index (χ0n) is 28.5. The van der Waals surface area contributed by atoms with E-state index in [1.165, 1.54) is 0 Å². The molecule has 10 atom stereocenters. The molecule has 2 heterocycles. The molecule has 1 aromatic rings. The Balaban J connectivity index is 1.91. The molecule has 0 amide bonds. The third kappa shape index (κ3) is 12.4. The van der Waals surface area contributed by atoms with Crippen molar-refractivity contribution in [2.75, 3.05) is 13.2 Å². The second kappa shape index (κ2) is 18.6. The molecule has 2 aliphatic rings. The zero-order chi connectivity index (χ0) is 36.2. The van der Waals surface area contributed by atoms with Crippen LogP contribution in [0.4, 0.5) is 0 Å². The van der Waals surface area contributed by atoms with Crippen LogP contribution in [-0.2, 0) is 82.6 Å². The molecule has 1 aromatic carbocycles. The smallest absolute Gasteiger partial charge is 0.303 e. The van der Waals surface area contributed by atoms with Crippen molar-refractivity contribution in [1.29, 1.82) is 0 Å². The van der Waals surface area contributed by atoms with Crippen molar-refractivity contribution in [2.45, 2.75) is 123 Å². The van der Waals surface area contributed by atoms with E-state index in [0.29, 0.717) is 12.8 Å². The number of hydrogen-bond donors (Lipinski definition) is 0. The van der Waals surface area contributed by atoms with Crippen LogP contribution in [0.1, 0.15) is 60.5 Å². The molecule has 2 fully saturated rings. The van der Waals surface area contributed by atoms with Crippen LogP contribution in [0.15, 0.2) is 30.3 Å². The molecule has 0 N–H and O–H groups in total. The Morgan fingerprint density at radius 3 is 1.69 bits per heavy atom. The summed E-state index contributed by atoms with van der Waals surface area (Å²) in [5.41, 5.74) is 1.07. The van der Waals surface area contributed by atoms with Gasteiger partial charge in [0.25, 0.3) is 0 Å². The highest BCUT2D eigenvalue weighted by molar-refractivity contribution is 5.69. The lowest BCUT2D eigenvalue weighted by Crippen LogP contribution is -2.64. The molecule has 49 heavy (non-hydrogen) atoms. The van der Waals surface area contributed by atoms with Crippen molar-refractivity contribution >= 4 is 35.8 Å². The predicted octanol–water partition coefficient (Wildman–Crippen LogP) is 1.71. The summed E-state index contributed by atoms with van der Waals surface area (Å²) in [5, 5.41) is 0. The van der Waals surface area contributed by atoms with Gasteiger partial charge in [0.15, 0.2) is 49.2 Å². The first-order valence-corrected chi connectivity index (χ1v) is 15.8. The molecule has 16 heteroatoms. The van der Waals surface area contributed by atoms with Crippen LogP contribution in [0.2, 0.25) is 0 Å². The quantitative estimate of drug-likeness (QED) is 0.201. The van der Waals surface area contributed by atoms with Crippen molar-refractivity contribution in [3.8, 4) is 0 Å². The van der Waals surface area contributed by atoms with Gasteiger partial charge >= 0.3 is 35.8 Å². The lowest BCUT2D eigenvalue weighted by Gasteiger charge is -2.45. The van der Waals surface area contributed by atoms with Gasteiger partial charge in [-0.3, -0.25) is 28.8 Å². The highest BCUT2D eigenvalue weighted by Gasteiger charge is 2.54. The lowest BCUT2D eigenvalue weighted by atomic mass is 9.97. The van der Waals surface area contributed by atoms with Gasteiger partial charge in [-0.15, -0.1) is 0 Å². The van der Waals surface area contributed by atoms with E-state index in [-0.39, 0.29) is 6.61 Å². The number of benzene rings is 1. The van der Waals surface area contributed by atoms with E-state index in [1.54, 1.807) is 6.92 Å². The second-order valence-corrected chi connectivity index (χ2v) is 11.6.